The first kappa shape index (κ1) is 13.5. The van der Waals surface area contributed by atoms with E-state index in [1.54, 1.807) is 6.07 Å². The Bertz CT molecular complexity index is 297. The summed E-state index contributed by atoms with van der Waals surface area (Å²) in [6, 6.07) is 3.77. The Morgan fingerprint density at radius 2 is 1.85 bits per heavy atom. The van der Waals surface area contributed by atoms with Gasteiger partial charge in [0.2, 0.25) is 0 Å². The summed E-state index contributed by atoms with van der Waals surface area (Å²) >= 11 is 3.44. The van der Waals surface area contributed by atoms with Gasteiger partial charge in [0, 0.05) is 4.47 Å². The summed E-state index contributed by atoms with van der Waals surface area (Å²) in [6.07, 6.45) is 0. The first-order chi connectivity index (χ1) is 5.52. The zero-order valence-electron chi connectivity index (χ0n) is 7.56. The van der Waals surface area contributed by atoms with Crippen molar-refractivity contribution in [1.29, 1.82) is 0 Å². The number of benzene rings is 1. The summed E-state index contributed by atoms with van der Waals surface area (Å²) < 4.78 is 1.06. The third-order valence-corrected chi connectivity index (χ3v) is 2.78. The van der Waals surface area contributed by atoms with Gasteiger partial charge >= 0.3 is 29.6 Å². The van der Waals surface area contributed by atoms with Crippen LogP contribution in [0.2, 0.25) is 0 Å². The molecule has 0 heterocycles. The van der Waals surface area contributed by atoms with Crippen LogP contribution in [0.3, 0.4) is 0 Å². The van der Waals surface area contributed by atoms with Crippen LogP contribution < -0.4 is 0 Å². The molecule has 13 heavy (non-hydrogen) atoms. The quantitative estimate of drug-likeness (QED) is 0.763. The van der Waals surface area contributed by atoms with Crippen LogP contribution in [0, 0.1) is 6.92 Å². The first-order valence-electron chi connectivity index (χ1n) is 4.01. The van der Waals surface area contributed by atoms with Crippen molar-refractivity contribution in [3.05, 3.63) is 27.7 Å². The van der Waals surface area contributed by atoms with Crippen LogP contribution in [-0.4, -0.2) is 34.7 Å². The molecule has 68 valence electrons. The normalized spacial score (nSPS) is 9.92. The third-order valence-electron chi connectivity index (χ3n) is 1.93. The molecule has 0 fully saturated rings. The molecular weight excluding hydrogens is 239 g/mol. The van der Waals surface area contributed by atoms with E-state index in [-0.39, 0.29) is 29.6 Å². The molecule has 0 bridgehead atoms. The average Bonchev–Trinajstić information content (AvgIpc) is 1.96. The second-order valence-corrected chi connectivity index (χ2v) is 4.17. The average molecular weight is 253 g/mol. The number of aromatic hydroxyl groups is 1. The Labute approximate surface area is 110 Å². The van der Waals surface area contributed by atoms with Crippen LogP contribution in [-0.2, 0) is 0 Å². The van der Waals surface area contributed by atoms with Crippen LogP contribution in [0.5, 0.6) is 5.75 Å². The molecule has 0 atom stereocenters. The van der Waals surface area contributed by atoms with Gasteiger partial charge in [-0.3, -0.25) is 0 Å². The summed E-state index contributed by atoms with van der Waals surface area (Å²) in [5.41, 5.74) is 2.06. The van der Waals surface area contributed by atoms with E-state index < -0.39 is 0 Å². The van der Waals surface area contributed by atoms with Gasteiger partial charge in [-0.25, -0.2) is 0 Å². The van der Waals surface area contributed by atoms with E-state index in [0.717, 1.165) is 15.6 Å². The molecule has 1 nitrogen and oxygen atoms in total. The summed E-state index contributed by atoms with van der Waals surface area (Å²) in [6.45, 7) is 6.10. The Morgan fingerprint density at radius 3 is 2.31 bits per heavy atom. The second-order valence-electron chi connectivity index (χ2n) is 3.31. The van der Waals surface area contributed by atoms with Crippen LogP contribution in [0.1, 0.15) is 30.9 Å². The monoisotopic (exact) mass is 252 g/mol. The predicted molar refractivity (Wildman–Crippen MR) is 61.8 cm³/mol. The topological polar surface area (TPSA) is 20.2 Å². The van der Waals surface area contributed by atoms with Crippen molar-refractivity contribution in [2.24, 2.45) is 0 Å². The molecule has 0 spiro atoms. The Balaban J connectivity index is 0.00000144. The Hall–Kier alpha value is 0.500. The molecule has 1 N–H and O–H groups in total. The van der Waals surface area contributed by atoms with E-state index in [2.05, 4.69) is 29.8 Å². The summed E-state index contributed by atoms with van der Waals surface area (Å²) in [5.74, 6) is 0.757. The molecule has 1 rings (SSSR count). The van der Waals surface area contributed by atoms with E-state index in [1.165, 1.54) is 0 Å². The number of rotatable bonds is 1. The van der Waals surface area contributed by atoms with Crippen molar-refractivity contribution in [2.45, 2.75) is 26.7 Å². The molecule has 0 aliphatic carbocycles. The van der Waals surface area contributed by atoms with Gasteiger partial charge in [-0.15, -0.1) is 0 Å². The van der Waals surface area contributed by atoms with Gasteiger partial charge in [0.25, 0.3) is 0 Å². The molecule has 1 aromatic carbocycles. The fourth-order valence-electron chi connectivity index (χ4n) is 1.14. The summed E-state index contributed by atoms with van der Waals surface area (Å²) in [7, 11) is 0. The number of halogens is 1. The van der Waals surface area contributed by atoms with E-state index in [1.807, 2.05) is 13.0 Å². The minimum atomic E-state index is 0. The van der Waals surface area contributed by atoms with Crippen LogP contribution >= 0.6 is 15.9 Å². The molecule has 0 saturated heterocycles. The fourth-order valence-corrected chi connectivity index (χ4v) is 1.51. The van der Waals surface area contributed by atoms with E-state index in [9.17, 15) is 5.11 Å². The zero-order chi connectivity index (χ0) is 9.30. The molecule has 3 heteroatoms. The van der Waals surface area contributed by atoms with Crippen molar-refractivity contribution < 1.29 is 5.11 Å². The molecule has 0 radical (unpaired) electrons. The van der Waals surface area contributed by atoms with Crippen molar-refractivity contribution in [3.63, 3.8) is 0 Å². The van der Waals surface area contributed by atoms with Crippen molar-refractivity contribution in [3.8, 4) is 5.75 Å². The maximum atomic E-state index is 9.57. The number of phenols is 1. The van der Waals surface area contributed by atoms with Crippen LogP contribution in [0.4, 0.5) is 0 Å². The number of phenolic OH excluding ortho intramolecular Hbond substituents is 1. The summed E-state index contributed by atoms with van der Waals surface area (Å²) in [4.78, 5) is 0. The molecule has 0 aliphatic rings. The van der Waals surface area contributed by atoms with Crippen LogP contribution in [0.15, 0.2) is 16.6 Å². The molecule has 0 amide bonds. The van der Waals surface area contributed by atoms with Gasteiger partial charge in [0.05, 0.1) is 0 Å². The molecule has 0 aromatic heterocycles. The standard InChI is InChI=1S/C10H13BrO.Na.H/c1-6(2)8-5-9(11)7(3)4-10(8)12;;/h4-6,12H,1-3H3;;. The van der Waals surface area contributed by atoms with Gasteiger partial charge in [0.15, 0.2) is 0 Å². The predicted octanol–water partition coefficient (Wildman–Crippen LogP) is 2.94. The zero-order valence-corrected chi connectivity index (χ0v) is 9.14. The molecule has 1 aromatic rings. The summed E-state index contributed by atoms with van der Waals surface area (Å²) in [5, 5.41) is 9.57. The third kappa shape index (κ3) is 3.28. The number of aryl methyl sites for hydroxylation is 1. The second kappa shape index (κ2) is 5.40. The van der Waals surface area contributed by atoms with Crippen molar-refractivity contribution in [2.75, 3.05) is 0 Å². The van der Waals surface area contributed by atoms with E-state index in [0.29, 0.717) is 11.7 Å². The minimum absolute atomic E-state index is 0. The number of hydrogen-bond acceptors (Lipinski definition) is 1. The molecular formula is C10H14BrNaO. The van der Waals surface area contributed by atoms with Gasteiger partial charge in [-0.2, -0.15) is 0 Å². The first-order valence-corrected chi connectivity index (χ1v) is 4.80. The molecule has 0 unspecified atom stereocenters. The maximum absolute atomic E-state index is 9.57. The molecule has 0 aliphatic heterocycles. The van der Waals surface area contributed by atoms with Gasteiger partial charge in [-0.05, 0) is 36.1 Å². The molecule has 0 saturated carbocycles. The van der Waals surface area contributed by atoms with Crippen molar-refractivity contribution in [1.82, 2.24) is 0 Å². The Morgan fingerprint density at radius 1 is 1.31 bits per heavy atom. The van der Waals surface area contributed by atoms with Crippen LogP contribution in [0.25, 0.3) is 0 Å². The van der Waals surface area contributed by atoms with E-state index >= 15 is 0 Å². The number of hydrogen-bond donors (Lipinski definition) is 1. The van der Waals surface area contributed by atoms with E-state index in [4.69, 9.17) is 0 Å². The van der Waals surface area contributed by atoms with Gasteiger partial charge in [0.1, 0.15) is 5.75 Å². The SMILES string of the molecule is Cc1cc(O)c(C(C)C)cc1Br.[NaH]. The van der Waals surface area contributed by atoms with Crippen molar-refractivity contribution >= 4 is 45.5 Å². The fraction of sp³-hybridized carbons (Fsp3) is 0.400. The Kier molecular flexibility index (Phi) is 5.61. The van der Waals surface area contributed by atoms with Gasteiger partial charge in [-0.1, -0.05) is 29.8 Å². The van der Waals surface area contributed by atoms with Gasteiger partial charge < -0.3 is 5.11 Å².